The number of carbonyl (C=O) groups is 2. The van der Waals surface area contributed by atoms with Gasteiger partial charge in [0.1, 0.15) is 12.6 Å². The average Bonchev–Trinajstić information content (AvgIpc) is 3.01. The molecule has 0 heterocycles. The summed E-state index contributed by atoms with van der Waals surface area (Å²) in [5, 5.41) is 3.86. The molecule has 7 nitrogen and oxygen atoms in total. The second-order valence-corrected chi connectivity index (χ2v) is 14.6. The molecule has 0 spiro atoms. The summed E-state index contributed by atoms with van der Waals surface area (Å²) in [6, 6.07) is 23.6. The van der Waals surface area contributed by atoms with Crippen LogP contribution in [0, 0.1) is 6.92 Å². The molecule has 0 aliphatic heterocycles. The highest BCUT2D eigenvalue weighted by Gasteiger charge is 2.35. The van der Waals surface area contributed by atoms with Crippen LogP contribution in [-0.4, -0.2) is 43.8 Å². The molecule has 0 aliphatic rings. The maximum absolute atomic E-state index is 14.5. The first-order valence-corrected chi connectivity index (χ1v) is 17.3. The van der Waals surface area contributed by atoms with Gasteiger partial charge in [0.25, 0.3) is 10.0 Å². The minimum absolute atomic E-state index is 0.0219. The Hall–Kier alpha value is -3.27. The Morgan fingerprint density at radius 3 is 1.96 bits per heavy atom. The molecular formula is C34H33Cl4N3O4S. The first-order chi connectivity index (χ1) is 21.8. The number of carbonyl (C=O) groups excluding carboxylic acids is 2. The van der Waals surface area contributed by atoms with E-state index >= 15 is 0 Å². The molecule has 242 valence electrons. The molecule has 0 aromatic heterocycles. The van der Waals surface area contributed by atoms with E-state index in [1.54, 1.807) is 30.3 Å². The molecule has 0 unspecified atom stereocenters. The number of amides is 2. The first kappa shape index (κ1) is 35.6. The molecule has 0 bridgehead atoms. The molecule has 0 radical (unpaired) electrons. The van der Waals surface area contributed by atoms with Crippen molar-refractivity contribution in [3.05, 3.63) is 128 Å². The predicted octanol–water partition coefficient (Wildman–Crippen LogP) is 7.97. The Balaban J connectivity index is 1.84. The van der Waals surface area contributed by atoms with Crippen LogP contribution in [-0.2, 0) is 32.6 Å². The van der Waals surface area contributed by atoms with E-state index in [0.717, 1.165) is 15.4 Å². The fourth-order valence-corrected chi connectivity index (χ4v) is 6.79. The summed E-state index contributed by atoms with van der Waals surface area (Å²) >= 11 is 25.0. The van der Waals surface area contributed by atoms with Crippen molar-refractivity contribution in [1.82, 2.24) is 10.2 Å². The number of aryl methyl sites for hydroxylation is 1. The number of hydrogen-bond acceptors (Lipinski definition) is 4. The van der Waals surface area contributed by atoms with Crippen molar-refractivity contribution in [2.75, 3.05) is 10.8 Å². The van der Waals surface area contributed by atoms with Gasteiger partial charge in [0.15, 0.2) is 0 Å². The third kappa shape index (κ3) is 8.96. The van der Waals surface area contributed by atoms with Crippen molar-refractivity contribution >= 4 is 73.9 Å². The standard InChI is InChI=1S/C34H33Cl4N3O4S/c1-22(2)39-34(43)32(18-24-7-5-4-6-8-24)40(20-25-11-15-28(35)30(37)17-25)33(42)21-41(26-12-16-29(36)31(38)19-26)46(44,45)27-13-9-23(3)10-14-27/h4-17,19,22,32H,18,20-21H2,1-3H3,(H,39,43)/t32-/m1/s1. The molecule has 1 N–H and O–H groups in total. The Bertz CT molecular complexity index is 1800. The quantitative estimate of drug-likeness (QED) is 0.161. The van der Waals surface area contributed by atoms with Gasteiger partial charge in [0.05, 0.1) is 30.7 Å². The van der Waals surface area contributed by atoms with Crippen LogP contribution >= 0.6 is 46.4 Å². The molecule has 1 atom stereocenters. The number of hydrogen-bond donors (Lipinski definition) is 1. The van der Waals surface area contributed by atoms with Crippen LogP contribution < -0.4 is 9.62 Å². The van der Waals surface area contributed by atoms with Gasteiger partial charge in [-0.2, -0.15) is 0 Å². The zero-order valence-corrected chi connectivity index (χ0v) is 29.2. The molecule has 0 saturated carbocycles. The monoisotopic (exact) mass is 719 g/mol. The van der Waals surface area contributed by atoms with Crippen molar-refractivity contribution in [2.45, 2.75) is 50.7 Å². The van der Waals surface area contributed by atoms with E-state index in [1.165, 1.54) is 35.2 Å². The van der Waals surface area contributed by atoms with Crippen LogP contribution in [0.2, 0.25) is 20.1 Å². The largest absolute Gasteiger partial charge is 0.352 e. The third-order valence-electron chi connectivity index (χ3n) is 7.12. The first-order valence-electron chi connectivity index (χ1n) is 14.4. The summed E-state index contributed by atoms with van der Waals surface area (Å²) in [6.45, 7) is 4.78. The molecule has 4 aromatic carbocycles. The van der Waals surface area contributed by atoms with Crippen molar-refractivity contribution in [2.24, 2.45) is 0 Å². The topological polar surface area (TPSA) is 86.8 Å². The normalized spacial score (nSPS) is 12.1. The van der Waals surface area contributed by atoms with Gasteiger partial charge in [-0.3, -0.25) is 13.9 Å². The van der Waals surface area contributed by atoms with E-state index < -0.39 is 34.4 Å². The van der Waals surface area contributed by atoms with E-state index in [0.29, 0.717) is 10.6 Å². The zero-order chi connectivity index (χ0) is 33.6. The lowest BCUT2D eigenvalue weighted by atomic mass is 10.0. The van der Waals surface area contributed by atoms with Gasteiger partial charge in [-0.25, -0.2) is 8.42 Å². The molecule has 0 saturated heterocycles. The third-order valence-corrected chi connectivity index (χ3v) is 10.4. The minimum atomic E-state index is -4.29. The fraction of sp³-hybridized carbons (Fsp3) is 0.235. The highest BCUT2D eigenvalue weighted by Crippen LogP contribution is 2.31. The van der Waals surface area contributed by atoms with Crippen LogP contribution in [0.5, 0.6) is 0 Å². The average molecular weight is 722 g/mol. The molecule has 0 fully saturated rings. The Morgan fingerprint density at radius 1 is 0.761 bits per heavy atom. The number of benzene rings is 4. The van der Waals surface area contributed by atoms with Crippen molar-refractivity contribution in [3.8, 4) is 0 Å². The van der Waals surface area contributed by atoms with E-state index in [2.05, 4.69) is 5.32 Å². The summed E-state index contributed by atoms with van der Waals surface area (Å²) in [4.78, 5) is 29.7. The second-order valence-electron chi connectivity index (χ2n) is 11.1. The van der Waals surface area contributed by atoms with Crippen LogP contribution in [0.25, 0.3) is 0 Å². The minimum Gasteiger partial charge on any atom is -0.352 e. The van der Waals surface area contributed by atoms with Crippen LogP contribution in [0.4, 0.5) is 5.69 Å². The highest BCUT2D eigenvalue weighted by molar-refractivity contribution is 7.92. The lowest BCUT2D eigenvalue weighted by Gasteiger charge is -2.34. The van der Waals surface area contributed by atoms with Gasteiger partial charge >= 0.3 is 0 Å². The molecular weight excluding hydrogens is 688 g/mol. The van der Waals surface area contributed by atoms with Gasteiger partial charge in [-0.1, -0.05) is 100 Å². The maximum atomic E-state index is 14.5. The van der Waals surface area contributed by atoms with E-state index in [-0.39, 0.29) is 44.7 Å². The van der Waals surface area contributed by atoms with Gasteiger partial charge in [-0.05, 0) is 74.4 Å². The molecule has 46 heavy (non-hydrogen) atoms. The molecule has 0 aliphatic carbocycles. The second kappa shape index (κ2) is 15.5. The Kier molecular flexibility index (Phi) is 12.0. The summed E-state index contributed by atoms with van der Waals surface area (Å²) in [7, 11) is -4.29. The summed E-state index contributed by atoms with van der Waals surface area (Å²) < 4.78 is 29.3. The number of halogens is 4. The van der Waals surface area contributed by atoms with Crippen molar-refractivity contribution in [1.29, 1.82) is 0 Å². The fourth-order valence-electron chi connectivity index (χ4n) is 4.78. The Morgan fingerprint density at radius 2 is 1.37 bits per heavy atom. The van der Waals surface area contributed by atoms with Crippen molar-refractivity contribution in [3.63, 3.8) is 0 Å². The number of nitrogens with one attached hydrogen (secondary N) is 1. The van der Waals surface area contributed by atoms with E-state index in [1.807, 2.05) is 51.1 Å². The van der Waals surface area contributed by atoms with Gasteiger partial charge in [-0.15, -0.1) is 0 Å². The van der Waals surface area contributed by atoms with Gasteiger partial charge in [0, 0.05) is 19.0 Å². The van der Waals surface area contributed by atoms with Gasteiger partial charge < -0.3 is 10.2 Å². The van der Waals surface area contributed by atoms with Crippen LogP contribution in [0.3, 0.4) is 0 Å². The smallest absolute Gasteiger partial charge is 0.264 e. The highest BCUT2D eigenvalue weighted by atomic mass is 35.5. The van der Waals surface area contributed by atoms with Crippen LogP contribution in [0.1, 0.15) is 30.5 Å². The SMILES string of the molecule is Cc1ccc(S(=O)(=O)N(CC(=O)N(Cc2ccc(Cl)c(Cl)c2)[C@H](Cc2ccccc2)C(=O)NC(C)C)c2ccc(Cl)c(Cl)c2)cc1. The molecule has 2 amide bonds. The molecule has 12 heteroatoms. The van der Waals surface area contributed by atoms with E-state index in [9.17, 15) is 18.0 Å². The number of rotatable bonds is 12. The van der Waals surface area contributed by atoms with Crippen molar-refractivity contribution < 1.29 is 18.0 Å². The number of anilines is 1. The Labute approximate surface area is 290 Å². The summed E-state index contributed by atoms with van der Waals surface area (Å²) in [5.74, 6) is -1.03. The maximum Gasteiger partial charge on any atom is 0.264 e. The zero-order valence-electron chi connectivity index (χ0n) is 25.4. The van der Waals surface area contributed by atoms with E-state index in [4.69, 9.17) is 46.4 Å². The lowest BCUT2D eigenvalue weighted by Crippen LogP contribution is -2.54. The lowest BCUT2D eigenvalue weighted by molar-refractivity contribution is -0.140. The van der Waals surface area contributed by atoms with Gasteiger partial charge in [0.2, 0.25) is 11.8 Å². The number of nitrogens with zero attached hydrogens (tertiary/aromatic N) is 2. The van der Waals surface area contributed by atoms with Crippen LogP contribution in [0.15, 0.2) is 95.9 Å². The summed E-state index contributed by atoms with van der Waals surface area (Å²) in [5.41, 5.74) is 2.40. The molecule has 4 rings (SSSR count). The molecule has 4 aromatic rings. The predicted molar refractivity (Wildman–Crippen MR) is 186 cm³/mol. The summed E-state index contributed by atoms with van der Waals surface area (Å²) in [6.07, 6.45) is 0.171. The number of sulfonamides is 1.